The number of halogens is 1. The largest absolute Gasteiger partial charge is 0.493 e. The first-order chi connectivity index (χ1) is 10.6. The minimum absolute atomic E-state index is 0.0316. The number of benzene rings is 2. The van der Waals surface area contributed by atoms with Crippen molar-refractivity contribution in [2.24, 2.45) is 0 Å². The number of hydrogen-bond acceptors (Lipinski definition) is 2. The summed E-state index contributed by atoms with van der Waals surface area (Å²) in [5, 5.41) is 3.47. The van der Waals surface area contributed by atoms with Gasteiger partial charge in [0.05, 0.1) is 17.2 Å². The Bertz CT molecular complexity index is 699. The molecule has 2 aromatic carbocycles. The van der Waals surface area contributed by atoms with E-state index in [9.17, 15) is 4.79 Å². The van der Waals surface area contributed by atoms with Gasteiger partial charge in [0.15, 0.2) is 0 Å². The van der Waals surface area contributed by atoms with Crippen molar-refractivity contribution in [1.82, 2.24) is 5.32 Å². The maximum atomic E-state index is 12.2. The number of rotatable bonds is 4. The van der Waals surface area contributed by atoms with Gasteiger partial charge in [-0.2, -0.15) is 0 Å². The average molecular weight is 316 g/mol. The summed E-state index contributed by atoms with van der Waals surface area (Å²) in [5.74, 6) is 0.846. The zero-order chi connectivity index (χ0) is 15.5. The highest BCUT2D eigenvalue weighted by atomic mass is 35.5. The fourth-order valence-electron chi connectivity index (χ4n) is 2.72. The van der Waals surface area contributed by atoms with E-state index in [1.165, 1.54) is 11.1 Å². The molecule has 0 spiro atoms. The van der Waals surface area contributed by atoms with Crippen LogP contribution in [0.3, 0.4) is 0 Å². The van der Waals surface area contributed by atoms with Crippen molar-refractivity contribution >= 4 is 17.5 Å². The summed E-state index contributed by atoms with van der Waals surface area (Å²) in [6.45, 7) is 2.76. The summed E-state index contributed by atoms with van der Waals surface area (Å²) in [6, 6.07) is 13.4. The van der Waals surface area contributed by atoms with Gasteiger partial charge in [-0.05, 0) is 42.7 Å². The van der Waals surface area contributed by atoms with Gasteiger partial charge in [0.1, 0.15) is 5.75 Å². The minimum Gasteiger partial charge on any atom is -0.493 e. The quantitative estimate of drug-likeness (QED) is 0.935. The molecule has 3 rings (SSSR count). The van der Waals surface area contributed by atoms with E-state index < -0.39 is 0 Å². The number of nitrogens with one attached hydrogen (secondary N) is 1. The Balaban J connectivity index is 1.64. The van der Waals surface area contributed by atoms with E-state index in [1.54, 1.807) is 12.1 Å². The first-order valence-corrected chi connectivity index (χ1v) is 7.81. The number of ether oxygens (including phenoxy) is 1. The van der Waals surface area contributed by atoms with Crippen LogP contribution in [0.2, 0.25) is 5.02 Å². The molecule has 1 atom stereocenters. The van der Waals surface area contributed by atoms with Crippen LogP contribution >= 0.6 is 11.6 Å². The van der Waals surface area contributed by atoms with Crippen molar-refractivity contribution in [1.29, 1.82) is 0 Å². The lowest BCUT2D eigenvalue weighted by atomic mass is 10.0. The molecule has 0 radical (unpaired) electrons. The van der Waals surface area contributed by atoms with Gasteiger partial charge in [-0.25, -0.2) is 0 Å². The Kier molecular flexibility index (Phi) is 4.34. The van der Waals surface area contributed by atoms with Gasteiger partial charge in [0, 0.05) is 12.5 Å². The minimum atomic E-state index is -0.136. The van der Waals surface area contributed by atoms with Gasteiger partial charge in [-0.3, -0.25) is 4.79 Å². The predicted molar refractivity (Wildman–Crippen MR) is 87.7 cm³/mol. The van der Waals surface area contributed by atoms with E-state index >= 15 is 0 Å². The Morgan fingerprint density at radius 2 is 2.14 bits per heavy atom. The molecule has 0 unspecified atom stereocenters. The van der Waals surface area contributed by atoms with Crippen molar-refractivity contribution < 1.29 is 9.53 Å². The third-order valence-electron chi connectivity index (χ3n) is 3.79. The van der Waals surface area contributed by atoms with Crippen LogP contribution in [0.1, 0.15) is 28.4 Å². The second kappa shape index (κ2) is 6.41. The maximum Gasteiger partial charge on any atom is 0.253 e. The third kappa shape index (κ3) is 3.25. The molecule has 114 valence electrons. The number of fused-ring (bicyclic) bond motifs is 1. The lowest BCUT2D eigenvalue weighted by Crippen LogP contribution is -2.34. The Morgan fingerprint density at radius 3 is 2.95 bits per heavy atom. The SMILES string of the molecule is C[C@H](Cc1ccc2c(c1)CCO2)NC(=O)c1ccccc1Cl. The van der Waals surface area contributed by atoms with E-state index in [1.807, 2.05) is 25.1 Å². The summed E-state index contributed by atoms with van der Waals surface area (Å²) in [6.07, 6.45) is 1.74. The van der Waals surface area contributed by atoms with Gasteiger partial charge in [-0.1, -0.05) is 35.9 Å². The summed E-state index contributed by atoms with van der Waals surface area (Å²) in [5.41, 5.74) is 2.97. The lowest BCUT2D eigenvalue weighted by Gasteiger charge is -2.15. The molecule has 0 saturated heterocycles. The molecule has 1 amide bonds. The molecular formula is C18H18ClNO2. The van der Waals surface area contributed by atoms with E-state index in [0.29, 0.717) is 10.6 Å². The molecule has 0 bridgehead atoms. The van der Waals surface area contributed by atoms with Crippen molar-refractivity contribution in [2.45, 2.75) is 25.8 Å². The Hall–Kier alpha value is -2.00. The van der Waals surface area contributed by atoms with Crippen LogP contribution < -0.4 is 10.1 Å². The summed E-state index contributed by atoms with van der Waals surface area (Å²) in [4.78, 5) is 12.2. The fraction of sp³-hybridized carbons (Fsp3) is 0.278. The molecule has 22 heavy (non-hydrogen) atoms. The lowest BCUT2D eigenvalue weighted by molar-refractivity contribution is 0.0940. The van der Waals surface area contributed by atoms with Crippen LogP contribution in [0.15, 0.2) is 42.5 Å². The van der Waals surface area contributed by atoms with Gasteiger partial charge >= 0.3 is 0 Å². The van der Waals surface area contributed by atoms with E-state index in [4.69, 9.17) is 16.3 Å². The van der Waals surface area contributed by atoms with E-state index in [2.05, 4.69) is 17.4 Å². The molecule has 1 aliphatic rings. The molecule has 4 heteroatoms. The Labute approximate surface area is 135 Å². The summed E-state index contributed by atoms with van der Waals surface area (Å²) >= 11 is 6.05. The van der Waals surface area contributed by atoms with Gasteiger partial charge < -0.3 is 10.1 Å². The molecule has 3 nitrogen and oxygen atoms in total. The normalized spacial score (nSPS) is 14.1. The molecule has 0 fully saturated rings. The van der Waals surface area contributed by atoms with Crippen LogP contribution in [0, 0.1) is 0 Å². The van der Waals surface area contributed by atoms with E-state index in [0.717, 1.165) is 25.2 Å². The zero-order valence-electron chi connectivity index (χ0n) is 12.4. The third-order valence-corrected chi connectivity index (χ3v) is 4.12. The highest BCUT2D eigenvalue weighted by Crippen LogP contribution is 2.26. The number of carbonyl (C=O) groups is 1. The first kappa shape index (κ1) is 14.9. The fourth-order valence-corrected chi connectivity index (χ4v) is 2.94. The maximum absolute atomic E-state index is 12.2. The van der Waals surface area contributed by atoms with Crippen LogP contribution in [-0.4, -0.2) is 18.6 Å². The highest BCUT2D eigenvalue weighted by Gasteiger charge is 2.15. The summed E-state index contributed by atoms with van der Waals surface area (Å²) in [7, 11) is 0. The van der Waals surface area contributed by atoms with Gasteiger partial charge in [-0.15, -0.1) is 0 Å². The summed E-state index contributed by atoms with van der Waals surface area (Å²) < 4.78 is 5.51. The average Bonchev–Trinajstić information content (AvgIpc) is 2.95. The van der Waals surface area contributed by atoms with Crippen LogP contribution in [0.25, 0.3) is 0 Å². The van der Waals surface area contributed by atoms with Crippen molar-refractivity contribution in [3.63, 3.8) is 0 Å². The van der Waals surface area contributed by atoms with Gasteiger partial charge in [0.2, 0.25) is 0 Å². The zero-order valence-corrected chi connectivity index (χ0v) is 13.2. The predicted octanol–water partition coefficient (Wildman–Crippen LogP) is 3.64. The molecule has 0 aromatic heterocycles. The van der Waals surface area contributed by atoms with Crippen molar-refractivity contribution in [3.05, 3.63) is 64.2 Å². The second-order valence-corrected chi connectivity index (χ2v) is 6.01. The highest BCUT2D eigenvalue weighted by molar-refractivity contribution is 6.33. The first-order valence-electron chi connectivity index (χ1n) is 7.43. The number of amides is 1. The molecule has 1 N–H and O–H groups in total. The second-order valence-electron chi connectivity index (χ2n) is 5.60. The monoisotopic (exact) mass is 315 g/mol. The van der Waals surface area contributed by atoms with Crippen LogP contribution in [0.4, 0.5) is 0 Å². The van der Waals surface area contributed by atoms with Crippen molar-refractivity contribution in [3.8, 4) is 5.75 Å². The standard InChI is InChI=1S/C18H18ClNO2/c1-12(20-18(21)15-4-2-3-5-16(15)19)10-13-6-7-17-14(11-13)8-9-22-17/h2-7,11-12H,8-10H2,1H3,(H,20,21)/t12-/m1/s1. The molecule has 0 aliphatic carbocycles. The van der Waals surface area contributed by atoms with Crippen LogP contribution in [0.5, 0.6) is 5.75 Å². The van der Waals surface area contributed by atoms with E-state index in [-0.39, 0.29) is 11.9 Å². The molecule has 1 heterocycles. The molecular weight excluding hydrogens is 298 g/mol. The van der Waals surface area contributed by atoms with Crippen molar-refractivity contribution in [2.75, 3.05) is 6.61 Å². The number of carbonyl (C=O) groups excluding carboxylic acids is 1. The van der Waals surface area contributed by atoms with Crippen LogP contribution in [-0.2, 0) is 12.8 Å². The number of hydrogen-bond donors (Lipinski definition) is 1. The topological polar surface area (TPSA) is 38.3 Å². The molecule has 1 aliphatic heterocycles. The van der Waals surface area contributed by atoms with Gasteiger partial charge in [0.25, 0.3) is 5.91 Å². The molecule has 0 saturated carbocycles. The Morgan fingerprint density at radius 1 is 1.32 bits per heavy atom. The molecule has 2 aromatic rings. The smallest absolute Gasteiger partial charge is 0.253 e.